The molecule has 0 amide bonds. The summed E-state index contributed by atoms with van der Waals surface area (Å²) in [6.45, 7) is 1.96. The summed E-state index contributed by atoms with van der Waals surface area (Å²) in [5.41, 5.74) is 3.10. The summed E-state index contributed by atoms with van der Waals surface area (Å²) in [5.74, 6) is 2.68. The van der Waals surface area contributed by atoms with E-state index >= 15 is 0 Å². The lowest BCUT2D eigenvalue weighted by Gasteiger charge is -2.15. The molecule has 0 spiro atoms. The summed E-state index contributed by atoms with van der Waals surface area (Å²) in [7, 11) is 1.60. The molecule has 3 aromatic carbocycles. The van der Waals surface area contributed by atoms with Crippen molar-refractivity contribution in [3.05, 3.63) is 81.3 Å². The van der Waals surface area contributed by atoms with Crippen LogP contribution in [0.25, 0.3) is 0 Å². The van der Waals surface area contributed by atoms with Gasteiger partial charge in [-0.1, -0.05) is 41.4 Å². The molecule has 0 atom stereocenters. The summed E-state index contributed by atoms with van der Waals surface area (Å²) in [6, 6.07) is 17.2. The topological polar surface area (TPSA) is 49.0 Å². The van der Waals surface area contributed by atoms with E-state index in [4.69, 9.17) is 42.1 Å². The Morgan fingerprint density at radius 1 is 0.871 bits per heavy atom. The van der Waals surface area contributed by atoms with Crippen molar-refractivity contribution < 1.29 is 18.9 Å². The number of methoxy groups -OCH3 is 1. The van der Waals surface area contributed by atoms with Crippen LogP contribution < -0.4 is 24.3 Å². The van der Waals surface area contributed by atoms with Gasteiger partial charge in [-0.3, -0.25) is 0 Å². The minimum atomic E-state index is 0. The molecule has 1 aliphatic rings. The zero-order valence-corrected chi connectivity index (χ0v) is 19.2. The molecule has 0 fully saturated rings. The average Bonchev–Trinajstić information content (AvgIpc) is 3.22. The molecule has 4 rings (SSSR count). The molecule has 8 heteroatoms. The maximum atomic E-state index is 6.48. The number of ether oxygens (including phenoxy) is 4. The molecule has 0 bridgehead atoms. The molecular weight excluding hydrogens is 461 g/mol. The van der Waals surface area contributed by atoms with Crippen LogP contribution in [-0.4, -0.2) is 13.9 Å². The highest BCUT2D eigenvalue weighted by molar-refractivity contribution is 6.32. The van der Waals surface area contributed by atoms with Crippen LogP contribution >= 0.6 is 35.6 Å². The molecule has 1 aliphatic heterocycles. The van der Waals surface area contributed by atoms with Gasteiger partial charge in [0.15, 0.2) is 23.0 Å². The molecule has 3 aromatic rings. The van der Waals surface area contributed by atoms with Gasteiger partial charge in [0.25, 0.3) is 0 Å². The lowest BCUT2D eigenvalue weighted by molar-refractivity contribution is 0.174. The van der Waals surface area contributed by atoms with Gasteiger partial charge in [0.2, 0.25) is 6.79 Å². The minimum absolute atomic E-state index is 0. The first kappa shape index (κ1) is 23.4. The van der Waals surface area contributed by atoms with Gasteiger partial charge in [-0.15, -0.1) is 12.4 Å². The number of halogens is 3. The highest BCUT2D eigenvalue weighted by Crippen LogP contribution is 2.37. The van der Waals surface area contributed by atoms with Gasteiger partial charge in [0.05, 0.1) is 12.1 Å². The molecule has 0 aliphatic carbocycles. The zero-order chi connectivity index (χ0) is 20.9. The van der Waals surface area contributed by atoms with Gasteiger partial charge in [-0.2, -0.15) is 0 Å². The molecule has 31 heavy (non-hydrogen) atoms. The van der Waals surface area contributed by atoms with E-state index in [-0.39, 0.29) is 19.2 Å². The fraction of sp³-hybridized carbons (Fsp3) is 0.217. The van der Waals surface area contributed by atoms with Crippen molar-refractivity contribution in [1.29, 1.82) is 0 Å². The molecule has 0 saturated carbocycles. The Labute approximate surface area is 197 Å². The zero-order valence-electron chi connectivity index (χ0n) is 16.8. The second-order valence-electron chi connectivity index (χ2n) is 6.82. The highest BCUT2D eigenvalue weighted by Gasteiger charge is 2.14. The van der Waals surface area contributed by atoms with Crippen molar-refractivity contribution in [1.82, 2.24) is 5.32 Å². The number of fused-ring (bicyclic) bond motifs is 1. The predicted molar refractivity (Wildman–Crippen MR) is 124 cm³/mol. The van der Waals surface area contributed by atoms with Crippen LogP contribution in [-0.2, 0) is 19.7 Å². The monoisotopic (exact) mass is 481 g/mol. The third kappa shape index (κ3) is 5.89. The lowest BCUT2D eigenvalue weighted by atomic mass is 10.1. The van der Waals surface area contributed by atoms with Crippen LogP contribution in [0.4, 0.5) is 0 Å². The molecular formula is C23H22Cl3NO4. The maximum absolute atomic E-state index is 6.48. The van der Waals surface area contributed by atoms with Gasteiger partial charge in [0.1, 0.15) is 6.61 Å². The Balaban J connectivity index is 0.00000272. The second-order valence-corrected chi connectivity index (χ2v) is 7.66. The SMILES string of the molecule is COc1cc(CNCc2ccc3c(c2)OCO3)cc(Cl)c1OCc1ccc(Cl)cc1.Cl. The first-order chi connectivity index (χ1) is 14.6. The van der Waals surface area contributed by atoms with E-state index in [0.717, 1.165) is 28.2 Å². The van der Waals surface area contributed by atoms with Gasteiger partial charge >= 0.3 is 0 Å². The van der Waals surface area contributed by atoms with E-state index in [1.54, 1.807) is 7.11 Å². The average molecular weight is 483 g/mol. The number of benzene rings is 3. The largest absolute Gasteiger partial charge is 0.493 e. The van der Waals surface area contributed by atoms with E-state index < -0.39 is 0 Å². The Hall–Kier alpha value is -2.31. The van der Waals surface area contributed by atoms with Crippen molar-refractivity contribution in [3.8, 4) is 23.0 Å². The van der Waals surface area contributed by atoms with Crippen LogP contribution in [0.2, 0.25) is 10.0 Å². The number of rotatable bonds is 8. The molecule has 1 heterocycles. The predicted octanol–water partition coefficient (Wildman–Crippen LogP) is 6.02. The van der Waals surface area contributed by atoms with Crippen LogP contribution in [0.15, 0.2) is 54.6 Å². The van der Waals surface area contributed by atoms with Crippen molar-refractivity contribution >= 4 is 35.6 Å². The summed E-state index contributed by atoms with van der Waals surface area (Å²) in [5, 5.41) is 4.60. The molecule has 0 aromatic heterocycles. The summed E-state index contributed by atoms with van der Waals surface area (Å²) in [6.07, 6.45) is 0. The van der Waals surface area contributed by atoms with Crippen LogP contribution in [0.1, 0.15) is 16.7 Å². The summed E-state index contributed by atoms with van der Waals surface area (Å²) >= 11 is 12.4. The van der Waals surface area contributed by atoms with Crippen molar-refractivity contribution in [2.24, 2.45) is 0 Å². The van der Waals surface area contributed by atoms with Crippen molar-refractivity contribution in [3.63, 3.8) is 0 Å². The highest BCUT2D eigenvalue weighted by atomic mass is 35.5. The first-order valence-electron chi connectivity index (χ1n) is 9.45. The van der Waals surface area contributed by atoms with E-state index in [1.165, 1.54) is 0 Å². The number of nitrogens with one attached hydrogen (secondary N) is 1. The maximum Gasteiger partial charge on any atom is 0.231 e. The van der Waals surface area contributed by atoms with Gasteiger partial charge in [0, 0.05) is 18.1 Å². The Kier molecular flexibility index (Phi) is 8.15. The Morgan fingerprint density at radius 3 is 2.35 bits per heavy atom. The van der Waals surface area contributed by atoms with E-state index in [9.17, 15) is 0 Å². The smallest absolute Gasteiger partial charge is 0.231 e. The summed E-state index contributed by atoms with van der Waals surface area (Å²) in [4.78, 5) is 0. The Bertz CT molecular complexity index is 1030. The fourth-order valence-corrected chi connectivity index (χ4v) is 3.57. The molecule has 0 radical (unpaired) electrons. The Morgan fingerprint density at radius 2 is 1.58 bits per heavy atom. The summed E-state index contributed by atoms with van der Waals surface area (Å²) < 4.78 is 22.2. The van der Waals surface area contributed by atoms with E-state index in [1.807, 2.05) is 54.6 Å². The van der Waals surface area contributed by atoms with E-state index in [2.05, 4.69) is 5.32 Å². The van der Waals surface area contributed by atoms with E-state index in [0.29, 0.717) is 41.2 Å². The lowest BCUT2D eigenvalue weighted by Crippen LogP contribution is -2.13. The van der Waals surface area contributed by atoms with Gasteiger partial charge in [-0.05, 0) is 53.1 Å². The third-order valence-corrected chi connectivity index (χ3v) is 5.21. The first-order valence-corrected chi connectivity index (χ1v) is 10.2. The standard InChI is InChI=1S/C23H21Cl2NO4.ClH/c1-27-22-10-17(12-26-11-16-4-7-20-21(9-16)30-14-29-20)8-19(25)23(22)28-13-15-2-5-18(24)6-3-15;/h2-10,26H,11-14H2,1H3;1H. The molecule has 0 saturated heterocycles. The van der Waals surface area contributed by atoms with Crippen molar-refractivity contribution in [2.45, 2.75) is 19.7 Å². The van der Waals surface area contributed by atoms with Crippen molar-refractivity contribution in [2.75, 3.05) is 13.9 Å². The number of hydrogen-bond acceptors (Lipinski definition) is 5. The molecule has 1 N–H and O–H groups in total. The number of hydrogen-bond donors (Lipinski definition) is 1. The quantitative estimate of drug-likeness (QED) is 0.425. The molecule has 0 unspecified atom stereocenters. The minimum Gasteiger partial charge on any atom is -0.493 e. The van der Waals surface area contributed by atoms with Crippen LogP contribution in [0.5, 0.6) is 23.0 Å². The molecule has 5 nitrogen and oxygen atoms in total. The third-order valence-electron chi connectivity index (χ3n) is 4.68. The van der Waals surface area contributed by atoms with Gasteiger partial charge in [-0.25, -0.2) is 0 Å². The second kappa shape index (κ2) is 10.8. The van der Waals surface area contributed by atoms with Crippen LogP contribution in [0.3, 0.4) is 0 Å². The molecule has 164 valence electrons. The fourth-order valence-electron chi connectivity index (χ4n) is 3.15. The van der Waals surface area contributed by atoms with Gasteiger partial charge < -0.3 is 24.3 Å². The van der Waals surface area contributed by atoms with Crippen LogP contribution in [0, 0.1) is 0 Å². The normalized spacial score (nSPS) is 11.7.